The van der Waals surface area contributed by atoms with Crippen LogP contribution in [0.2, 0.25) is 0 Å². The van der Waals surface area contributed by atoms with Gasteiger partial charge in [0.15, 0.2) is 0 Å². The van der Waals surface area contributed by atoms with Crippen LogP contribution < -0.4 is 15.0 Å². The molecule has 282 valence electrons. The summed E-state index contributed by atoms with van der Waals surface area (Å²) in [5, 5.41) is 13.0. The average molecular weight is 730 g/mol. The molecule has 6 aliphatic rings. The number of carboxylic acids is 1. The SMILES string of the molecule is CC1CC2CC(C1)C(NC(=O)c1cnc(N3CC4(CCOCC4)c4cc(O[C@H]5CC[C@H](N6CC(F)(F)C6)CC5)ccc43)nc1C(C)(F)F)(C(=O)O)C2. The largest absolute Gasteiger partial charge is 0.490 e. The van der Waals surface area contributed by atoms with Crippen molar-refractivity contribution in [3.8, 4) is 5.75 Å². The van der Waals surface area contributed by atoms with Crippen LogP contribution in [-0.4, -0.2) is 88.3 Å². The Kier molecular flexibility index (Phi) is 8.75. The minimum absolute atomic E-state index is 0.0275. The second-order valence-corrected chi connectivity index (χ2v) is 16.6. The number of aromatic nitrogens is 2. The molecule has 4 heterocycles. The third-order valence-electron chi connectivity index (χ3n) is 12.8. The zero-order chi connectivity index (χ0) is 36.6. The molecule has 4 atom stereocenters. The molecule has 3 aliphatic heterocycles. The third kappa shape index (κ3) is 6.31. The van der Waals surface area contributed by atoms with Gasteiger partial charge in [0, 0.05) is 50.0 Å². The number of carboxylic acid groups (broad SMARTS) is 1. The van der Waals surface area contributed by atoms with Crippen molar-refractivity contribution in [2.75, 3.05) is 37.7 Å². The fraction of sp³-hybridized carbons (Fsp3) is 0.684. The summed E-state index contributed by atoms with van der Waals surface area (Å²) in [6.45, 7) is 3.90. The molecule has 1 spiro atoms. The molecule has 2 aromatic rings. The lowest BCUT2D eigenvalue weighted by Gasteiger charge is -2.46. The van der Waals surface area contributed by atoms with Crippen LogP contribution in [0, 0.1) is 17.8 Å². The summed E-state index contributed by atoms with van der Waals surface area (Å²) < 4.78 is 69.7. The Morgan fingerprint density at radius 1 is 1.06 bits per heavy atom. The summed E-state index contributed by atoms with van der Waals surface area (Å²) in [7, 11) is 0. The number of rotatable bonds is 8. The molecule has 3 aliphatic carbocycles. The summed E-state index contributed by atoms with van der Waals surface area (Å²) in [6, 6.07) is 5.92. The smallest absolute Gasteiger partial charge is 0.329 e. The highest BCUT2D eigenvalue weighted by atomic mass is 19.3. The molecular weight excluding hydrogens is 682 g/mol. The molecule has 2 bridgehead atoms. The maximum absolute atomic E-state index is 15.3. The summed E-state index contributed by atoms with van der Waals surface area (Å²) >= 11 is 0. The first-order valence-electron chi connectivity index (χ1n) is 18.7. The number of amides is 1. The summed E-state index contributed by atoms with van der Waals surface area (Å²) in [5.41, 5.74) is -1.33. The van der Waals surface area contributed by atoms with Gasteiger partial charge >= 0.3 is 5.97 Å². The van der Waals surface area contributed by atoms with Gasteiger partial charge in [0.25, 0.3) is 17.8 Å². The number of hydrogen-bond acceptors (Lipinski definition) is 8. The molecule has 3 saturated carbocycles. The second kappa shape index (κ2) is 12.8. The van der Waals surface area contributed by atoms with Crippen molar-refractivity contribution >= 4 is 23.5 Å². The zero-order valence-corrected chi connectivity index (χ0v) is 29.7. The number of aliphatic carboxylic acids is 1. The fourth-order valence-corrected chi connectivity index (χ4v) is 10.3. The average Bonchev–Trinajstić information content (AvgIpc) is 3.53. The number of nitrogens with one attached hydrogen (secondary N) is 1. The van der Waals surface area contributed by atoms with E-state index in [4.69, 9.17) is 9.47 Å². The third-order valence-corrected chi connectivity index (χ3v) is 12.8. The first-order chi connectivity index (χ1) is 24.6. The first-order valence-corrected chi connectivity index (χ1v) is 18.7. The van der Waals surface area contributed by atoms with E-state index in [1.165, 1.54) is 0 Å². The second-order valence-electron chi connectivity index (χ2n) is 16.6. The fourth-order valence-electron chi connectivity index (χ4n) is 10.3. The van der Waals surface area contributed by atoms with Gasteiger partial charge in [0.2, 0.25) is 5.95 Å². The highest BCUT2D eigenvalue weighted by Crippen LogP contribution is 2.52. The number of carbonyl (C=O) groups is 2. The molecule has 4 unspecified atom stereocenters. The summed E-state index contributed by atoms with van der Waals surface area (Å²) in [6.07, 6.45) is 8.06. The van der Waals surface area contributed by atoms with Gasteiger partial charge in [-0.05, 0) is 106 Å². The summed E-state index contributed by atoms with van der Waals surface area (Å²) in [4.78, 5) is 38.9. The van der Waals surface area contributed by atoms with E-state index >= 15 is 8.78 Å². The van der Waals surface area contributed by atoms with Crippen LogP contribution in [0.25, 0.3) is 0 Å². The highest BCUT2D eigenvalue weighted by Gasteiger charge is 2.57. The van der Waals surface area contributed by atoms with Gasteiger partial charge in [-0.1, -0.05) is 6.92 Å². The predicted molar refractivity (Wildman–Crippen MR) is 182 cm³/mol. The van der Waals surface area contributed by atoms with E-state index in [1.54, 1.807) is 0 Å². The number of likely N-dealkylation sites (tertiary alicyclic amines) is 1. The Morgan fingerprint density at radius 2 is 1.79 bits per heavy atom. The monoisotopic (exact) mass is 729 g/mol. The molecule has 2 saturated heterocycles. The quantitative estimate of drug-likeness (QED) is 0.296. The molecule has 5 fully saturated rings. The number of anilines is 2. The Bertz CT molecular complexity index is 1720. The molecule has 52 heavy (non-hydrogen) atoms. The number of benzene rings is 1. The van der Waals surface area contributed by atoms with Gasteiger partial charge in [0.05, 0.1) is 24.8 Å². The lowest BCUT2D eigenvalue weighted by atomic mass is 9.76. The molecule has 10 nitrogen and oxygen atoms in total. The number of hydrogen-bond donors (Lipinski definition) is 2. The number of alkyl halides is 4. The number of halogens is 4. The summed E-state index contributed by atoms with van der Waals surface area (Å²) in [5.74, 6) is -7.24. The van der Waals surface area contributed by atoms with Gasteiger partial charge in [-0.3, -0.25) is 9.69 Å². The van der Waals surface area contributed by atoms with Crippen LogP contribution in [0.1, 0.15) is 99.7 Å². The van der Waals surface area contributed by atoms with Crippen LogP contribution >= 0.6 is 0 Å². The van der Waals surface area contributed by atoms with E-state index in [2.05, 4.69) is 22.2 Å². The van der Waals surface area contributed by atoms with E-state index < -0.39 is 40.5 Å². The normalized spacial score (nSPS) is 32.3. The lowest BCUT2D eigenvalue weighted by Crippen LogP contribution is -2.60. The maximum atomic E-state index is 15.3. The van der Waals surface area contributed by atoms with Gasteiger partial charge in [-0.25, -0.2) is 23.5 Å². The van der Waals surface area contributed by atoms with Gasteiger partial charge in [0.1, 0.15) is 17.0 Å². The predicted octanol–water partition coefficient (Wildman–Crippen LogP) is 6.44. The minimum Gasteiger partial charge on any atom is -0.490 e. The molecule has 8 rings (SSSR count). The van der Waals surface area contributed by atoms with E-state index in [-0.39, 0.29) is 54.9 Å². The Morgan fingerprint density at radius 3 is 2.46 bits per heavy atom. The Balaban J connectivity index is 1.05. The number of carbonyl (C=O) groups excluding carboxylic acids is 1. The van der Waals surface area contributed by atoms with Crippen molar-refractivity contribution in [1.82, 2.24) is 20.2 Å². The van der Waals surface area contributed by atoms with E-state index in [0.29, 0.717) is 64.0 Å². The van der Waals surface area contributed by atoms with Gasteiger partial charge in [-0.15, -0.1) is 0 Å². The van der Waals surface area contributed by atoms with Crippen LogP contribution in [-0.2, 0) is 20.9 Å². The lowest BCUT2D eigenvalue weighted by molar-refractivity contribution is -0.151. The molecular formula is C38H47F4N5O5. The van der Waals surface area contributed by atoms with Gasteiger partial charge in [-0.2, -0.15) is 8.78 Å². The van der Waals surface area contributed by atoms with Gasteiger partial charge < -0.3 is 24.8 Å². The molecule has 1 aromatic heterocycles. The van der Waals surface area contributed by atoms with Crippen molar-refractivity contribution in [2.24, 2.45) is 17.8 Å². The molecule has 2 N–H and O–H groups in total. The Labute approximate surface area is 300 Å². The number of ether oxygens (including phenoxy) is 2. The van der Waals surface area contributed by atoms with E-state index in [1.807, 2.05) is 28.0 Å². The van der Waals surface area contributed by atoms with E-state index in [9.17, 15) is 23.5 Å². The zero-order valence-electron chi connectivity index (χ0n) is 29.7. The topological polar surface area (TPSA) is 117 Å². The Hall–Kier alpha value is -3.52. The van der Waals surface area contributed by atoms with Crippen LogP contribution in [0.4, 0.5) is 29.2 Å². The van der Waals surface area contributed by atoms with Crippen molar-refractivity contribution in [1.29, 1.82) is 0 Å². The van der Waals surface area contributed by atoms with Crippen molar-refractivity contribution in [3.05, 3.63) is 41.2 Å². The number of nitrogens with zero attached hydrogens (tertiary/aromatic N) is 4. The maximum Gasteiger partial charge on any atom is 0.329 e. The van der Waals surface area contributed by atoms with Crippen LogP contribution in [0.3, 0.4) is 0 Å². The minimum atomic E-state index is -3.52. The highest BCUT2D eigenvalue weighted by molar-refractivity contribution is 5.99. The van der Waals surface area contributed by atoms with Crippen molar-refractivity contribution < 1.29 is 41.7 Å². The standard InChI is InChI=1S/C38H47F4N5O5/c1-22-13-23-15-24(14-22)38(17-23,33(49)50)45-32(48)28-18-43-34(44-31(28)35(2,39)40)47-19-36(9-11-51-12-10-36)29-16-27(7-8-30(29)47)52-26-5-3-25(4-6-26)46-20-37(41,42)21-46/h7-8,16,18,22-26H,3-6,9-15,17,19-21H2,1-2H3,(H,45,48)(H,49,50)/t22?,23?,24?,25-,26-,38?. The van der Waals surface area contributed by atoms with Crippen molar-refractivity contribution in [2.45, 2.75) is 113 Å². The van der Waals surface area contributed by atoms with Crippen LogP contribution in [0.15, 0.2) is 24.4 Å². The van der Waals surface area contributed by atoms with E-state index in [0.717, 1.165) is 49.6 Å². The number of fused-ring (bicyclic) bond motifs is 4. The molecule has 14 heteroatoms. The van der Waals surface area contributed by atoms with Crippen LogP contribution in [0.5, 0.6) is 5.75 Å². The molecule has 1 aromatic carbocycles. The first kappa shape index (κ1) is 35.5. The molecule has 1 amide bonds. The van der Waals surface area contributed by atoms with Crippen molar-refractivity contribution in [3.63, 3.8) is 0 Å². The molecule has 0 radical (unpaired) electrons.